The van der Waals surface area contributed by atoms with Crippen LogP contribution < -0.4 is 15.5 Å². The third-order valence-corrected chi connectivity index (χ3v) is 4.68. The molecule has 25 heavy (non-hydrogen) atoms. The molecule has 1 fully saturated rings. The van der Waals surface area contributed by atoms with E-state index in [-0.39, 0.29) is 5.91 Å². The number of aryl methyl sites for hydroxylation is 1. The summed E-state index contributed by atoms with van der Waals surface area (Å²) in [6.45, 7) is 4.67. The van der Waals surface area contributed by atoms with Gasteiger partial charge in [-0.1, -0.05) is 11.6 Å². The van der Waals surface area contributed by atoms with Crippen molar-refractivity contribution in [3.05, 3.63) is 41.0 Å². The Bertz CT molecular complexity index is 692. The quantitative estimate of drug-likeness (QED) is 0.739. The number of hydrogen-bond donors (Lipinski definition) is 3. The molecule has 7 heteroatoms. The van der Waals surface area contributed by atoms with Gasteiger partial charge >= 0.3 is 0 Å². The topological polar surface area (TPSA) is 73.1 Å². The van der Waals surface area contributed by atoms with Crippen LogP contribution in [0.4, 0.5) is 11.5 Å². The van der Waals surface area contributed by atoms with Crippen LogP contribution in [0.3, 0.4) is 0 Å². The molecule has 0 radical (unpaired) electrons. The maximum absolute atomic E-state index is 12.0. The van der Waals surface area contributed by atoms with E-state index in [2.05, 4.69) is 31.8 Å². The standard InChI is InChI=1S/C18H24ClN5O/c1-13-12-17(23-22-13)24-10-7-15(8-11-24)20-9-6-18(25)21-16-4-2-14(19)3-5-16/h2-5,12,15,20H,6-11H2,1H3,(H,21,25)(H,22,23). The van der Waals surface area contributed by atoms with Gasteiger partial charge in [-0.2, -0.15) is 5.10 Å². The highest BCUT2D eigenvalue weighted by molar-refractivity contribution is 6.30. The number of amides is 1. The molecule has 0 bridgehead atoms. The molecule has 1 aliphatic rings. The number of benzene rings is 1. The fourth-order valence-electron chi connectivity index (χ4n) is 3.02. The molecule has 134 valence electrons. The molecule has 0 spiro atoms. The van der Waals surface area contributed by atoms with Crippen molar-refractivity contribution >= 4 is 29.0 Å². The lowest BCUT2D eigenvalue weighted by Gasteiger charge is -2.32. The maximum Gasteiger partial charge on any atom is 0.225 e. The van der Waals surface area contributed by atoms with E-state index >= 15 is 0 Å². The van der Waals surface area contributed by atoms with Gasteiger partial charge in [-0.15, -0.1) is 0 Å². The average Bonchev–Trinajstić information content (AvgIpc) is 3.04. The summed E-state index contributed by atoms with van der Waals surface area (Å²) in [7, 11) is 0. The van der Waals surface area contributed by atoms with Crippen LogP contribution in [0.15, 0.2) is 30.3 Å². The number of carbonyl (C=O) groups is 1. The molecule has 3 rings (SSSR count). The molecule has 1 saturated heterocycles. The van der Waals surface area contributed by atoms with Crippen molar-refractivity contribution in [3.63, 3.8) is 0 Å². The highest BCUT2D eigenvalue weighted by Crippen LogP contribution is 2.18. The third-order valence-electron chi connectivity index (χ3n) is 4.42. The molecule has 0 unspecified atom stereocenters. The van der Waals surface area contributed by atoms with E-state index in [0.29, 0.717) is 24.0 Å². The Morgan fingerprint density at radius 2 is 2.04 bits per heavy atom. The summed E-state index contributed by atoms with van der Waals surface area (Å²) in [6, 6.07) is 9.68. The summed E-state index contributed by atoms with van der Waals surface area (Å²) in [5.41, 5.74) is 1.86. The fourth-order valence-corrected chi connectivity index (χ4v) is 3.15. The number of piperidine rings is 1. The van der Waals surface area contributed by atoms with E-state index in [4.69, 9.17) is 11.6 Å². The summed E-state index contributed by atoms with van der Waals surface area (Å²) in [6.07, 6.45) is 2.58. The minimum Gasteiger partial charge on any atom is -0.355 e. The van der Waals surface area contributed by atoms with Crippen LogP contribution in [0.25, 0.3) is 0 Å². The van der Waals surface area contributed by atoms with Gasteiger partial charge in [0.1, 0.15) is 0 Å². The van der Waals surface area contributed by atoms with Gasteiger partial charge in [0.2, 0.25) is 5.91 Å². The average molecular weight is 362 g/mol. The highest BCUT2D eigenvalue weighted by atomic mass is 35.5. The summed E-state index contributed by atoms with van der Waals surface area (Å²) in [5, 5.41) is 14.3. The summed E-state index contributed by atoms with van der Waals surface area (Å²) >= 11 is 5.84. The van der Waals surface area contributed by atoms with Crippen molar-refractivity contribution in [1.82, 2.24) is 15.5 Å². The number of aromatic nitrogens is 2. The molecule has 2 aromatic rings. The first-order chi connectivity index (χ1) is 12.1. The van der Waals surface area contributed by atoms with Crippen molar-refractivity contribution in [3.8, 4) is 0 Å². The number of H-pyrrole nitrogens is 1. The SMILES string of the molecule is Cc1cc(N2CCC(NCCC(=O)Nc3ccc(Cl)cc3)CC2)n[nH]1. The molecule has 0 atom stereocenters. The zero-order valence-electron chi connectivity index (χ0n) is 14.4. The lowest BCUT2D eigenvalue weighted by atomic mass is 10.0. The van der Waals surface area contributed by atoms with E-state index < -0.39 is 0 Å². The van der Waals surface area contributed by atoms with Gasteiger partial charge in [-0.05, 0) is 44.0 Å². The Balaban J connectivity index is 1.34. The molecule has 1 amide bonds. The summed E-state index contributed by atoms with van der Waals surface area (Å²) in [4.78, 5) is 14.3. The largest absolute Gasteiger partial charge is 0.355 e. The van der Waals surface area contributed by atoms with Crippen molar-refractivity contribution in [2.75, 3.05) is 29.9 Å². The van der Waals surface area contributed by atoms with E-state index in [1.165, 1.54) is 0 Å². The molecule has 0 aliphatic carbocycles. The predicted octanol–water partition coefficient (Wildman–Crippen LogP) is 2.96. The molecule has 2 heterocycles. The van der Waals surface area contributed by atoms with Crippen LogP contribution in [0.1, 0.15) is 25.0 Å². The zero-order chi connectivity index (χ0) is 17.6. The zero-order valence-corrected chi connectivity index (χ0v) is 15.1. The van der Waals surface area contributed by atoms with Gasteiger partial charge in [0.05, 0.1) is 0 Å². The third kappa shape index (κ3) is 5.21. The number of nitrogens with one attached hydrogen (secondary N) is 3. The second-order valence-electron chi connectivity index (χ2n) is 6.43. The van der Waals surface area contributed by atoms with Gasteiger partial charge in [-0.25, -0.2) is 0 Å². The number of hydrogen-bond acceptors (Lipinski definition) is 4. The minimum absolute atomic E-state index is 0.0132. The van der Waals surface area contributed by atoms with E-state index in [1.54, 1.807) is 24.3 Å². The lowest BCUT2D eigenvalue weighted by Crippen LogP contribution is -2.43. The molecule has 1 aromatic carbocycles. The number of rotatable bonds is 6. The molecule has 3 N–H and O–H groups in total. The lowest BCUT2D eigenvalue weighted by molar-refractivity contribution is -0.116. The van der Waals surface area contributed by atoms with Gasteiger partial charge in [-0.3, -0.25) is 9.89 Å². The minimum atomic E-state index is 0.0132. The molecule has 0 saturated carbocycles. The Morgan fingerprint density at radius 3 is 2.68 bits per heavy atom. The Kier molecular flexibility index (Phi) is 5.94. The number of halogens is 1. The second kappa shape index (κ2) is 8.36. The first kappa shape index (κ1) is 17.8. The fraction of sp³-hybridized carbons (Fsp3) is 0.444. The summed E-state index contributed by atoms with van der Waals surface area (Å²) in [5.74, 6) is 1.04. The van der Waals surface area contributed by atoms with Crippen LogP contribution in [0.5, 0.6) is 0 Å². The van der Waals surface area contributed by atoms with Gasteiger partial charge < -0.3 is 15.5 Å². The maximum atomic E-state index is 12.0. The van der Waals surface area contributed by atoms with Crippen LogP contribution >= 0.6 is 11.6 Å². The van der Waals surface area contributed by atoms with Crippen LogP contribution in [0.2, 0.25) is 5.02 Å². The number of nitrogens with zero attached hydrogens (tertiary/aromatic N) is 2. The first-order valence-corrected chi connectivity index (χ1v) is 9.04. The van der Waals surface area contributed by atoms with E-state index in [0.717, 1.165) is 43.1 Å². The first-order valence-electron chi connectivity index (χ1n) is 8.66. The van der Waals surface area contributed by atoms with Crippen molar-refractivity contribution in [2.24, 2.45) is 0 Å². The normalized spacial score (nSPS) is 15.4. The van der Waals surface area contributed by atoms with Crippen molar-refractivity contribution in [2.45, 2.75) is 32.2 Å². The molecule has 1 aromatic heterocycles. The summed E-state index contributed by atoms with van der Waals surface area (Å²) < 4.78 is 0. The Morgan fingerprint density at radius 1 is 1.32 bits per heavy atom. The van der Waals surface area contributed by atoms with Crippen molar-refractivity contribution < 1.29 is 4.79 Å². The van der Waals surface area contributed by atoms with E-state index in [9.17, 15) is 4.79 Å². The number of aromatic amines is 1. The Hall–Kier alpha value is -2.05. The molecular formula is C18H24ClN5O. The van der Waals surface area contributed by atoms with Crippen LogP contribution in [0, 0.1) is 6.92 Å². The van der Waals surface area contributed by atoms with Crippen LogP contribution in [-0.4, -0.2) is 41.8 Å². The van der Waals surface area contributed by atoms with Crippen LogP contribution in [-0.2, 0) is 4.79 Å². The van der Waals surface area contributed by atoms with Gasteiger partial charge in [0.15, 0.2) is 5.82 Å². The van der Waals surface area contributed by atoms with Gasteiger partial charge in [0.25, 0.3) is 0 Å². The Labute approximate surface area is 152 Å². The molecule has 1 aliphatic heterocycles. The second-order valence-corrected chi connectivity index (χ2v) is 6.87. The smallest absolute Gasteiger partial charge is 0.225 e. The number of carbonyl (C=O) groups excluding carboxylic acids is 1. The van der Waals surface area contributed by atoms with Gasteiger partial charge in [0, 0.05) is 54.6 Å². The molecular weight excluding hydrogens is 338 g/mol. The predicted molar refractivity (Wildman–Crippen MR) is 101 cm³/mol. The number of anilines is 2. The van der Waals surface area contributed by atoms with E-state index in [1.807, 2.05) is 6.92 Å². The van der Waals surface area contributed by atoms with Crippen molar-refractivity contribution in [1.29, 1.82) is 0 Å². The monoisotopic (exact) mass is 361 g/mol. The highest BCUT2D eigenvalue weighted by Gasteiger charge is 2.20. The molecule has 6 nitrogen and oxygen atoms in total.